The molecule has 0 saturated carbocycles. The van der Waals surface area contributed by atoms with E-state index in [1.807, 2.05) is 30.3 Å². The Balaban J connectivity index is 2.36. The predicted octanol–water partition coefficient (Wildman–Crippen LogP) is 0.269. The van der Waals surface area contributed by atoms with Crippen LogP contribution in [0.1, 0.15) is 11.6 Å². The van der Waals surface area contributed by atoms with Gasteiger partial charge in [-0.15, -0.1) is 0 Å². The maximum absolute atomic E-state index is 11.1. The molecule has 0 aliphatic carbocycles. The highest BCUT2D eigenvalue weighted by Gasteiger charge is 2.28. The summed E-state index contributed by atoms with van der Waals surface area (Å²) in [6, 6.07) is 8.83. The van der Waals surface area contributed by atoms with Crippen molar-refractivity contribution in [2.24, 2.45) is 5.73 Å². The highest BCUT2D eigenvalue weighted by molar-refractivity contribution is 6.05. The average Bonchev–Trinajstić information content (AvgIpc) is 2.62. The van der Waals surface area contributed by atoms with E-state index in [-0.39, 0.29) is 5.91 Å². The highest BCUT2D eigenvalue weighted by Crippen LogP contribution is 2.24. The van der Waals surface area contributed by atoms with Gasteiger partial charge in [-0.3, -0.25) is 9.59 Å². The van der Waals surface area contributed by atoms with Gasteiger partial charge in [-0.2, -0.15) is 0 Å². The molecule has 1 aliphatic heterocycles. The van der Waals surface area contributed by atoms with Crippen molar-refractivity contribution < 1.29 is 9.59 Å². The summed E-state index contributed by atoms with van der Waals surface area (Å²) in [5.41, 5.74) is 6.35. The second-order valence-corrected chi connectivity index (χ2v) is 3.32. The molecule has 1 heterocycles. The van der Waals surface area contributed by atoms with Gasteiger partial charge >= 0.3 is 0 Å². The van der Waals surface area contributed by atoms with E-state index in [1.165, 1.54) is 6.08 Å². The Morgan fingerprint density at radius 2 is 1.93 bits per heavy atom. The van der Waals surface area contributed by atoms with Gasteiger partial charge in [0.05, 0.1) is 6.04 Å². The second kappa shape index (κ2) is 3.57. The van der Waals surface area contributed by atoms with Crippen molar-refractivity contribution in [3.8, 4) is 0 Å². The van der Waals surface area contributed by atoms with Gasteiger partial charge in [0, 0.05) is 11.6 Å². The van der Waals surface area contributed by atoms with Crippen LogP contribution in [-0.2, 0) is 9.59 Å². The standard InChI is InChI=1S/C11H10N2O2/c12-11(15)8-6-9(14)13-10(8)7-4-2-1-3-5-7/h1-6,10H,(H2,12,15)(H,13,14). The summed E-state index contributed by atoms with van der Waals surface area (Å²) in [5, 5.41) is 2.67. The predicted molar refractivity (Wildman–Crippen MR) is 54.6 cm³/mol. The Morgan fingerprint density at radius 3 is 2.53 bits per heavy atom. The summed E-state index contributed by atoms with van der Waals surface area (Å²) in [5.74, 6) is -0.847. The molecule has 1 aliphatic rings. The second-order valence-electron chi connectivity index (χ2n) is 3.32. The average molecular weight is 202 g/mol. The van der Waals surface area contributed by atoms with Crippen LogP contribution in [0.25, 0.3) is 0 Å². The number of rotatable bonds is 2. The summed E-state index contributed by atoms with van der Waals surface area (Å²) in [7, 11) is 0. The van der Waals surface area contributed by atoms with Crippen LogP contribution in [-0.4, -0.2) is 11.8 Å². The zero-order valence-electron chi connectivity index (χ0n) is 7.94. The summed E-state index contributed by atoms with van der Waals surface area (Å²) in [6.45, 7) is 0. The molecule has 3 N–H and O–H groups in total. The number of nitrogens with two attached hydrogens (primary N) is 1. The molecule has 0 aromatic heterocycles. The third-order valence-corrected chi connectivity index (χ3v) is 2.30. The smallest absolute Gasteiger partial charge is 0.247 e. The minimum atomic E-state index is -0.567. The number of benzene rings is 1. The van der Waals surface area contributed by atoms with E-state index in [4.69, 9.17) is 5.73 Å². The molecular formula is C11H10N2O2. The van der Waals surface area contributed by atoms with Crippen molar-refractivity contribution in [2.75, 3.05) is 0 Å². The van der Waals surface area contributed by atoms with E-state index >= 15 is 0 Å². The van der Waals surface area contributed by atoms with Crippen LogP contribution in [0.3, 0.4) is 0 Å². The molecule has 0 fully saturated rings. The molecule has 4 nitrogen and oxygen atoms in total. The lowest BCUT2D eigenvalue weighted by Gasteiger charge is -2.13. The van der Waals surface area contributed by atoms with Gasteiger partial charge in [-0.25, -0.2) is 0 Å². The summed E-state index contributed by atoms with van der Waals surface area (Å²) < 4.78 is 0. The van der Waals surface area contributed by atoms with Gasteiger partial charge in [-0.05, 0) is 5.56 Å². The van der Waals surface area contributed by atoms with Gasteiger partial charge in [0.2, 0.25) is 11.8 Å². The third kappa shape index (κ3) is 1.74. The van der Waals surface area contributed by atoms with E-state index in [1.54, 1.807) is 0 Å². The van der Waals surface area contributed by atoms with Crippen molar-refractivity contribution >= 4 is 11.8 Å². The number of amides is 2. The van der Waals surface area contributed by atoms with Crippen molar-refractivity contribution in [1.82, 2.24) is 5.32 Å². The summed E-state index contributed by atoms with van der Waals surface area (Å²) >= 11 is 0. The van der Waals surface area contributed by atoms with Gasteiger partial charge in [0.15, 0.2) is 0 Å². The van der Waals surface area contributed by atoms with E-state index in [9.17, 15) is 9.59 Å². The quantitative estimate of drug-likeness (QED) is 0.722. The minimum Gasteiger partial charge on any atom is -0.366 e. The van der Waals surface area contributed by atoms with E-state index in [0.717, 1.165) is 5.56 Å². The van der Waals surface area contributed by atoms with Crippen molar-refractivity contribution in [1.29, 1.82) is 0 Å². The van der Waals surface area contributed by atoms with Crippen LogP contribution < -0.4 is 11.1 Å². The lowest BCUT2D eigenvalue weighted by atomic mass is 10.0. The van der Waals surface area contributed by atoms with Crippen LogP contribution in [0.15, 0.2) is 42.0 Å². The SMILES string of the molecule is NC(=O)C1=CC(=O)NC1c1ccccc1. The number of nitrogens with one attached hydrogen (secondary N) is 1. The van der Waals surface area contributed by atoms with E-state index in [2.05, 4.69) is 5.32 Å². The monoisotopic (exact) mass is 202 g/mol. The zero-order chi connectivity index (χ0) is 10.8. The fraction of sp³-hybridized carbons (Fsp3) is 0.0909. The molecule has 0 bridgehead atoms. The van der Waals surface area contributed by atoms with Gasteiger partial charge in [-0.1, -0.05) is 30.3 Å². The molecule has 1 atom stereocenters. The van der Waals surface area contributed by atoms with Crippen LogP contribution in [0, 0.1) is 0 Å². The Labute approximate surface area is 86.8 Å². The molecule has 1 aromatic rings. The minimum absolute atomic E-state index is 0.280. The molecule has 0 spiro atoms. The van der Waals surface area contributed by atoms with Crippen LogP contribution in [0.4, 0.5) is 0 Å². The molecule has 2 amide bonds. The molecule has 4 heteroatoms. The normalized spacial score (nSPS) is 19.6. The number of carbonyl (C=O) groups excluding carboxylic acids is 2. The Kier molecular flexibility index (Phi) is 2.25. The number of primary amides is 1. The molecule has 76 valence electrons. The van der Waals surface area contributed by atoms with Gasteiger partial charge in [0.25, 0.3) is 0 Å². The molecule has 1 aromatic carbocycles. The highest BCUT2D eigenvalue weighted by atomic mass is 16.2. The summed E-state index contributed by atoms with van der Waals surface area (Å²) in [6.07, 6.45) is 1.25. The third-order valence-electron chi connectivity index (χ3n) is 2.30. The number of hydrogen-bond donors (Lipinski definition) is 2. The molecule has 0 radical (unpaired) electrons. The zero-order valence-corrected chi connectivity index (χ0v) is 7.94. The Bertz CT molecular complexity index is 437. The van der Waals surface area contributed by atoms with Crippen LogP contribution >= 0.6 is 0 Å². The maximum atomic E-state index is 11.1. The van der Waals surface area contributed by atoms with Crippen molar-refractivity contribution in [3.63, 3.8) is 0 Å². The van der Waals surface area contributed by atoms with Crippen molar-refractivity contribution in [3.05, 3.63) is 47.5 Å². The largest absolute Gasteiger partial charge is 0.366 e. The fourth-order valence-corrected chi connectivity index (χ4v) is 1.61. The lowest BCUT2D eigenvalue weighted by molar-refractivity contribution is -0.116. The van der Waals surface area contributed by atoms with Crippen molar-refractivity contribution in [2.45, 2.75) is 6.04 Å². The first-order valence-electron chi connectivity index (χ1n) is 4.55. The fourth-order valence-electron chi connectivity index (χ4n) is 1.61. The maximum Gasteiger partial charge on any atom is 0.247 e. The first-order chi connectivity index (χ1) is 7.18. The molecule has 2 rings (SSSR count). The number of carbonyl (C=O) groups is 2. The van der Waals surface area contributed by atoms with Gasteiger partial charge in [0.1, 0.15) is 0 Å². The summed E-state index contributed by atoms with van der Waals surface area (Å²) in [4.78, 5) is 22.2. The van der Waals surface area contributed by atoms with Crippen LogP contribution in [0.2, 0.25) is 0 Å². The topological polar surface area (TPSA) is 72.2 Å². The van der Waals surface area contributed by atoms with E-state index < -0.39 is 11.9 Å². The molecular weight excluding hydrogens is 192 g/mol. The first-order valence-corrected chi connectivity index (χ1v) is 4.55. The molecule has 0 saturated heterocycles. The lowest BCUT2D eigenvalue weighted by Crippen LogP contribution is -2.25. The first kappa shape index (κ1) is 9.45. The Hall–Kier alpha value is -2.10. The Morgan fingerprint density at radius 1 is 1.27 bits per heavy atom. The number of hydrogen-bond acceptors (Lipinski definition) is 2. The molecule has 15 heavy (non-hydrogen) atoms. The molecule has 1 unspecified atom stereocenters. The van der Waals surface area contributed by atoms with E-state index in [0.29, 0.717) is 5.57 Å². The van der Waals surface area contributed by atoms with Gasteiger partial charge < -0.3 is 11.1 Å². The van der Waals surface area contributed by atoms with Crippen LogP contribution in [0.5, 0.6) is 0 Å².